The van der Waals surface area contributed by atoms with Crippen molar-refractivity contribution in [3.63, 3.8) is 0 Å². The summed E-state index contributed by atoms with van der Waals surface area (Å²) in [7, 11) is 0. The highest BCUT2D eigenvalue weighted by atomic mass is 16.3. The summed E-state index contributed by atoms with van der Waals surface area (Å²) in [6.45, 7) is 1.98. The van der Waals surface area contributed by atoms with Crippen LogP contribution in [0, 0.1) is 5.92 Å². The molecule has 1 saturated carbocycles. The van der Waals surface area contributed by atoms with Gasteiger partial charge >= 0.3 is 0 Å². The minimum Gasteiger partial charge on any atom is -0.393 e. The number of H-pyrrole nitrogens is 1. The minimum atomic E-state index is -0.0510. The van der Waals surface area contributed by atoms with Crippen molar-refractivity contribution in [2.45, 2.75) is 38.3 Å². The smallest absolute Gasteiger partial charge is 0.0540 e. The van der Waals surface area contributed by atoms with Gasteiger partial charge in [-0.05, 0) is 49.8 Å². The second kappa shape index (κ2) is 5.76. The number of aliphatic hydroxyl groups excluding tert-OH is 1. The molecule has 1 aromatic heterocycles. The van der Waals surface area contributed by atoms with E-state index in [0.29, 0.717) is 0 Å². The van der Waals surface area contributed by atoms with Crippen LogP contribution in [-0.2, 0) is 6.54 Å². The topological polar surface area (TPSA) is 48.0 Å². The fourth-order valence-electron chi connectivity index (χ4n) is 3.04. The lowest BCUT2D eigenvalue weighted by Crippen LogP contribution is -2.27. The number of benzene rings is 1. The Morgan fingerprint density at radius 2 is 1.95 bits per heavy atom. The molecule has 1 aliphatic carbocycles. The van der Waals surface area contributed by atoms with E-state index in [0.717, 1.165) is 44.7 Å². The third-order valence-corrected chi connectivity index (χ3v) is 4.24. The molecule has 0 unspecified atom stereocenters. The summed E-state index contributed by atoms with van der Waals surface area (Å²) in [4.78, 5) is 3.31. The van der Waals surface area contributed by atoms with E-state index in [1.54, 1.807) is 0 Å². The molecule has 0 aliphatic heterocycles. The van der Waals surface area contributed by atoms with Crippen molar-refractivity contribution in [3.05, 3.63) is 36.0 Å². The number of hydrogen-bond donors (Lipinski definition) is 3. The molecule has 0 atom stereocenters. The molecule has 3 rings (SSSR count). The Bertz CT molecular complexity index is 526. The Kier molecular flexibility index (Phi) is 3.85. The lowest BCUT2D eigenvalue weighted by molar-refractivity contribution is 0.108. The molecule has 0 bridgehead atoms. The summed E-state index contributed by atoms with van der Waals surface area (Å²) in [5, 5.41) is 14.4. The molecule has 1 aliphatic rings. The first-order valence-electron chi connectivity index (χ1n) is 7.26. The number of fused-ring (bicyclic) bond motifs is 1. The van der Waals surface area contributed by atoms with Crippen LogP contribution < -0.4 is 5.32 Å². The van der Waals surface area contributed by atoms with E-state index in [1.807, 2.05) is 0 Å². The highest BCUT2D eigenvalue weighted by Crippen LogP contribution is 2.24. The molecule has 2 aromatic rings. The Morgan fingerprint density at radius 3 is 2.79 bits per heavy atom. The van der Waals surface area contributed by atoms with Crippen molar-refractivity contribution >= 4 is 10.9 Å². The molecule has 1 aromatic carbocycles. The van der Waals surface area contributed by atoms with Gasteiger partial charge in [-0.1, -0.05) is 18.2 Å². The number of aromatic nitrogens is 1. The van der Waals surface area contributed by atoms with Gasteiger partial charge in [0, 0.05) is 23.6 Å². The zero-order chi connectivity index (χ0) is 13.1. The molecule has 3 N–H and O–H groups in total. The van der Waals surface area contributed by atoms with Crippen molar-refractivity contribution in [2.24, 2.45) is 5.92 Å². The van der Waals surface area contributed by atoms with Gasteiger partial charge in [0.1, 0.15) is 0 Å². The number of hydrogen-bond acceptors (Lipinski definition) is 2. The molecule has 0 radical (unpaired) electrons. The van der Waals surface area contributed by atoms with Gasteiger partial charge in [-0.2, -0.15) is 0 Å². The Morgan fingerprint density at radius 1 is 1.16 bits per heavy atom. The van der Waals surface area contributed by atoms with Gasteiger partial charge in [0.2, 0.25) is 0 Å². The number of aliphatic hydroxyl groups is 1. The van der Waals surface area contributed by atoms with Gasteiger partial charge in [0.15, 0.2) is 0 Å². The fraction of sp³-hybridized carbons (Fsp3) is 0.500. The minimum absolute atomic E-state index is 0.0510. The zero-order valence-electron chi connectivity index (χ0n) is 11.2. The summed E-state index contributed by atoms with van der Waals surface area (Å²) >= 11 is 0. The summed E-state index contributed by atoms with van der Waals surface area (Å²) in [6.07, 6.45) is 6.30. The number of aromatic amines is 1. The standard InChI is InChI=1S/C16H22N2O/c19-14-7-5-12(6-8-14)9-17-10-13-11-18-16-4-2-1-3-15(13)16/h1-4,11-12,14,17-19H,5-10H2. The Balaban J connectivity index is 1.52. The van der Waals surface area contributed by atoms with Crippen LogP contribution in [0.1, 0.15) is 31.2 Å². The van der Waals surface area contributed by atoms with Gasteiger partial charge in [0.05, 0.1) is 6.10 Å². The normalized spacial score (nSPS) is 23.8. The summed E-state index contributed by atoms with van der Waals surface area (Å²) in [5.74, 6) is 0.730. The van der Waals surface area contributed by atoms with E-state index in [2.05, 4.69) is 40.8 Å². The Hall–Kier alpha value is -1.32. The zero-order valence-corrected chi connectivity index (χ0v) is 11.2. The van der Waals surface area contributed by atoms with E-state index < -0.39 is 0 Å². The van der Waals surface area contributed by atoms with Crippen molar-refractivity contribution in [3.8, 4) is 0 Å². The first-order valence-corrected chi connectivity index (χ1v) is 7.26. The molecule has 0 amide bonds. The molecule has 1 heterocycles. The molecule has 0 spiro atoms. The quantitative estimate of drug-likeness (QED) is 0.789. The maximum Gasteiger partial charge on any atom is 0.0540 e. The van der Waals surface area contributed by atoms with Gasteiger partial charge in [-0.15, -0.1) is 0 Å². The monoisotopic (exact) mass is 258 g/mol. The van der Waals surface area contributed by atoms with Crippen LogP contribution in [0.2, 0.25) is 0 Å². The average molecular weight is 258 g/mol. The maximum atomic E-state index is 9.50. The highest BCUT2D eigenvalue weighted by Gasteiger charge is 2.18. The fourth-order valence-corrected chi connectivity index (χ4v) is 3.04. The van der Waals surface area contributed by atoms with E-state index in [1.165, 1.54) is 16.5 Å². The highest BCUT2D eigenvalue weighted by molar-refractivity contribution is 5.82. The largest absolute Gasteiger partial charge is 0.393 e. The second-order valence-corrected chi connectivity index (χ2v) is 5.66. The van der Waals surface area contributed by atoms with E-state index in [9.17, 15) is 5.11 Å². The van der Waals surface area contributed by atoms with Gasteiger partial charge in [-0.25, -0.2) is 0 Å². The predicted octanol–water partition coefficient (Wildman–Crippen LogP) is 2.81. The van der Waals surface area contributed by atoms with Gasteiger partial charge in [0.25, 0.3) is 0 Å². The average Bonchev–Trinajstić information content (AvgIpc) is 2.85. The summed E-state index contributed by atoms with van der Waals surface area (Å²) < 4.78 is 0. The predicted molar refractivity (Wildman–Crippen MR) is 78.0 cm³/mol. The van der Waals surface area contributed by atoms with E-state index in [4.69, 9.17) is 0 Å². The SMILES string of the molecule is OC1CCC(CNCc2c[nH]c3ccccc23)CC1. The van der Waals surface area contributed by atoms with Crippen LogP contribution in [0.3, 0.4) is 0 Å². The van der Waals surface area contributed by atoms with E-state index >= 15 is 0 Å². The molecular formula is C16H22N2O. The van der Waals surface area contributed by atoms with Crippen molar-refractivity contribution in [1.29, 1.82) is 0 Å². The van der Waals surface area contributed by atoms with Crippen molar-refractivity contribution in [1.82, 2.24) is 10.3 Å². The van der Waals surface area contributed by atoms with Crippen LogP contribution in [-0.4, -0.2) is 22.7 Å². The van der Waals surface area contributed by atoms with E-state index in [-0.39, 0.29) is 6.10 Å². The first kappa shape index (κ1) is 12.7. The number of nitrogens with one attached hydrogen (secondary N) is 2. The molecule has 102 valence electrons. The molecule has 3 heteroatoms. The van der Waals surface area contributed by atoms with Crippen LogP contribution in [0.4, 0.5) is 0 Å². The number of rotatable bonds is 4. The lowest BCUT2D eigenvalue weighted by atomic mass is 9.87. The van der Waals surface area contributed by atoms with Gasteiger partial charge in [-0.3, -0.25) is 0 Å². The molecule has 3 nitrogen and oxygen atoms in total. The lowest BCUT2D eigenvalue weighted by Gasteiger charge is -2.25. The summed E-state index contributed by atoms with van der Waals surface area (Å²) in [5.41, 5.74) is 2.55. The summed E-state index contributed by atoms with van der Waals surface area (Å²) in [6, 6.07) is 8.42. The Labute approximate surface area is 114 Å². The number of para-hydroxylation sites is 1. The molecule has 1 fully saturated rings. The molecule has 19 heavy (non-hydrogen) atoms. The van der Waals surface area contributed by atoms with Crippen molar-refractivity contribution < 1.29 is 5.11 Å². The van der Waals surface area contributed by atoms with Gasteiger partial charge < -0.3 is 15.4 Å². The van der Waals surface area contributed by atoms with Crippen LogP contribution in [0.5, 0.6) is 0 Å². The maximum absolute atomic E-state index is 9.50. The van der Waals surface area contributed by atoms with Crippen LogP contribution in [0.15, 0.2) is 30.5 Å². The molecule has 0 saturated heterocycles. The second-order valence-electron chi connectivity index (χ2n) is 5.66. The van der Waals surface area contributed by atoms with Crippen molar-refractivity contribution in [2.75, 3.05) is 6.54 Å². The third-order valence-electron chi connectivity index (χ3n) is 4.24. The van der Waals surface area contributed by atoms with Crippen LogP contribution in [0.25, 0.3) is 10.9 Å². The molecular weight excluding hydrogens is 236 g/mol. The third kappa shape index (κ3) is 2.99. The first-order chi connectivity index (χ1) is 9.33. The van der Waals surface area contributed by atoms with Crippen LogP contribution >= 0.6 is 0 Å².